The molecule has 5 rings (SSSR count). The zero-order valence-electron chi connectivity index (χ0n) is 18.6. The van der Waals surface area contributed by atoms with Gasteiger partial charge >= 0.3 is 5.91 Å². The number of Topliss-reactive ketones (excluding diaryl/α,β-unsaturated/α-hetero) is 1. The van der Waals surface area contributed by atoms with Gasteiger partial charge in [0, 0.05) is 6.07 Å². The first-order chi connectivity index (χ1) is 16.8. The second-order valence-corrected chi connectivity index (χ2v) is 9.02. The number of nitrogens with zero attached hydrogens (tertiary/aromatic N) is 2. The number of carbonyl (C=O) groups excluding carboxylic acids is 2. The fourth-order valence-corrected chi connectivity index (χ4v) is 5.18. The lowest BCUT2D eigenvalue weighted by atomic mass is 9.94. The van der Waals surface area contributed by atoms with Crippen LogP contribution in [0, 0.1) is 18.6 Å². The van der Waals surface area contributed by atoms with Crippen LogP contribution in [-0.2, 0) is 9.59 Å². The van der Waals surface area contributed by atoms with Gasteiger partial charge in [0.2, 0.25) is 0 Å². The Morgan fingerprint density at radius 3 is 2.54 bits per heavy atom. The van der Waals surface area contributed by atoms with E-state index in [4.69, 9.17) is 4.74 Å². The molecule has 35 heavy (non-hydrogen) atoms. The molecule has 1 saturated heterocycles. The number of rotatable bonds is 4. The van der Waals surface area contributed by atoms with E-state index >= 15 is 0 Å². The van der Waals surface area contributed by atoms with Crippen molar-refractivity contribution in [3.05, 3.63) is 94.6 Å². The molecule has 1 N–H and O–H groups in total. The maximum atomic E-state index is 13.8. The van der Waals surface area contributed by atoms with Gasteiger partial charge in [0.25, 0.3) is 5.78 Å². The molecule has 3 aromatic carbocycles. The summed E-state index contributed by atoms with van der Waals surface area (Å²) in [5, 5.41) is 11.4. The Kier molecular flexibility index (Phi) is 5.56. The molecule has 0 bridgehead atoms. The van der Waals surface area contributed by atoms with Crippen LogP contribution >= 0.6 is 11.3 Å². The molecule has 176 valence electrons. The normalized spacial score (nSPS) is 17.4. The minimum atomic E-state index is -1.07. The number of ketones is 1. The maximum Gasteiger partial charge on any atom is 0.301 e. The van der Waals surface area contributed by atoms with Gasteiger partial charge in [0.05, 0.1) is 34.5 Å². The van der Waals surface area contributed by atoms with Crippen molar-refractivity contribution < 1.29 is 28.2 Å². The van der Waals surface area contributed by atoms with Gasteiger partial charge < -0.3 is 9.84 Å². The molecule has 0 saturated carbocycles. The first-order valence-electron chi connectivity index (χ1n) is 10.6. The Morgan fingerprint density at radius 1 is 1.06 bits per heavy atom. The Balaban J connectivity index is 1.76. The second kappa shape index (κ2) is 8.59. The highest BCUT2D eigenvalue weighted by molar-refractivity contribution is 7.22. The van der Waals surface area contributed by atoms with Crippen molar-refractivity contribution in [2.24, 2.45) is 0 Å². The van der Waals surface area contributed by atoms with Gasteiger partial charge in [-0.1, -0.05) is 53.3 Å². The number of halogens is 2. The number of amides is 1. The predicted molar refractivity (Wildman–Crippen MR) is 128 cm³/mol. The number of fused-ring (bicyclic) bond motifs is 1. The highest BCUT2D eigenvalue weighted by Gasteiger charge is 2.48. The number of carbonyl (C=O) groups is 2. The Labute approximate surface area is 202 Å². The summed E-state index contributed by atoms with van der Waals surface area (Å²) in [5.41, 5.74) is 1.70. The third kappa shape index (κ3) is 3.74. The Hall–Kier alpha value is -4.11. The Bertz CT molecular complexity index is 1510. The van der Waals surface area contributed by atoms with Crippen LogP contribution in [0.3, 0.4) is 0 Å². The number of aromatic nitrogens is 1. The predicted octanol–water partition coefficient (Wildman–Crippen LogP) is 5.52. The number of aliphatic hydroxyl groups is 1. The number of hydrogen-bond acceptors (Lipinski definition) is 6. The molecule has 1 aliphatic rings. The SMILES string of the molecule is COc1ccccc1/C(O)=C1\C(=O)C(=O)N(c2nc3cc(F)c(F)cc3s2)C1c1cccc(C)c1. The molecule has 4 aromatic rings. The Morgan fingerprint density at radius 2 is 1.80 bits per heavy atom. The second-order valence-electron chi connectivity index (χ2n) is 8.01. The monoisotopic (exact) mass is 492 g/mol. The van der Waals surface area contributed by atoms with Gasteiger partial charge in [-0.15, -0.1) is 0 Å². The van der Waals surface area contributed by atoms with E-state index in [1.807, 2.05) is 13.0 Å². The first-order valence-corrected chi connectivity index (χ1v) is 11.4. The molecule has 1 atom stereocenters. The fraction of sp³-hybridized carbons (Fsp3) is 0.115. The number of ether oxygens (including phenoxy) is 1. The van der Waals surface area contributed by atoms with E-state index in [1.54, 1.807) is 42.5 Å². The summed E-state index contributed by atoms with van der Waals surface area (Å²) in [7, 11) is 1.43. The molecule has 1 fully saturated rings. The van der Waals surface area contributed by atoms with Gasteiger partial charge in [-0.05, 0) is 30.7 Å². The van der Waals surface area contributed by atoms with E-state index < -0.39 is 35.1 Å². The number of aliphatic hydroxyl groups excluding tert-OH is 1. The minimum Gasteiger partial charge on any atom is -0.507 e. The lowest BCUT2D eigenvalue weighted by molar-refractivity contribution is -0.132. The van der Waals surface area contributed by atoms with E-state index in [9.17, 15) is 23.5 Å². The molecule has 2 heterocycles. The van der Waals surface area contributed by atoms with Gasteiger partial charge in [0.15, 0.2) is 16.8 Å². The largest absolute Gasteiger partial charge is 0.507 e. The molecular weight excluding hydrogens is 474 g/mol. The smallest absolute Gasteiger partial charge is 0.301 e. The maximum absolute atomic E-state index is 13.8. The highest BCUT2D eigenvalue weighted by Crippen LogP contribution is 2.45. The van der Waals surface area contributed by atoms with Crippen LogP contribution in [0.2, 0.25) is 0 Å². The summed E-state index contributed by atoms with van der Waals surface area (Å²) < 4.78 is 33.2. The van der Waals surface area contributed by atoms with E-state index in [0.29, 0.717) is 16.0 Å². The first kappa shape index (κ1) is 22.7. The van der Waals surface area contributed by atoms with E-state index in [1.165, 1.54) is 12.0 Å². The van der Waals surface area contributed by atoms with Gasteiger partial charge in [0.1, 0.15) is 11.5 Å². The zero-order valence-corrected chi connectivity index (χ0v) is 19.4. The molecule has 9 heteroatoms. The summed E-state index contributed by atoms with van der Waals surface area (Å²) in [6, 6.07) is 14.7. The summed E-state index contributed by atoms with van der Waals surface area (Å²) in [6.45, 7) is 1.86. The highest BCUT2D eigenvalue weighted by atomic mass is 32.1. The van der Waals surface area contributed by atoms with Crippen molar-refractivity contribution >= 4 is 44.1 Å². The van der Waals surface area contributed by atoms with Gasteiger partial charge in [-0.2, -0.15) is 0 Å². The fourth-order valence-electron chi connectivity index (χ4n) is 4.19. The standard InChI is InChI=1S/C26H18F2N2O4S/c1-13-6-5-7-14(10-13)22-21(23(31)15-8-3-4-9-19(15)34-2)24(32)25(33)30(22)26-29-18-11-16(27)17(28)12-20(18)35-26/h3-12,22,31H,1-2H3/b23-21+. The third-order valence-corrected chi connectivity index (χ3v) is 6.81. The molecule has 0 radical (unpaired) electrons. The molecule has 1 amide bonds. The van der Waals surface area contributed by atoms with Crippen molar-refractivity contribution in [1.29, 1.82) is 0 Å². The van der Waals surface area contributed by atoms with Crippen LogP contribution in [0.4, 0.5) is 13.9 Å². The van der Waals surface area contributed by atoms with Crippen LogP contribution in [0.25, 0.3) is 16.0 Å². The van der Waals surface area contributed by atoms with Crippen molar-refractivity contribution in [3.63, 3.8) is 0 Å². The summed E-state index contributed by atoms with van der Waals surface area (Å²) >= 11 is 0.949. The van der Waals surface area contributed by atoms with Crippen LogP contribution in [-0.4, -0.2) is 28.9 Å². The number of methoxy groups -OCH3 is 1. The third-order valence-electron chi connectivity index (χ3n) is 5.79. The molecule has 0 spiro atoms. The molecular formula is C26H18F2N2O4S. The average molecular weight is 493 g/mol. The topological polar surface area (TPSA) is 79.7 Å². The van der Waals surface area contributed by atoms with Crippen molar-refractivity contribution in [2.75, 3.05) is 12.0 Å². The lowest BCUT2D eigenvalue weighted by Crippen LogP contribution is -2.29. The quantitative estimate of drug-likeness (QED) is 0.231. The number of anilines is 1. The number of para-hydroxylation sites is 1. The van der Waals surface area contributed by atoms with Crippen LogP contribution in [0.1, 0.15) is 22.7 Å². The molecule has 1 aromatic heterocycles. The average Bonchev–Trinajstić information content (AvgIpc) is 3.36. The number of aryl methyl sites for hydroxylation is 1. The molecule has 1 unspecified atom stereocenters. The van der Waals surface area contributed by atoms with E-state index in [0.717, 1.165) is 29.0 Å². The molecule has 0 aliphatic carbocycles. The van der Waals surface area contributed by atoms with Crippen LogP contribution in [0.5, 0.6) is 5.75 Å². The number of benzene rings is 3. The molecule has 6 nitrogen and oxygen atoms in total. The van der Waals surface area contributed by atoms with Crippen LogP contribution < -0.4 is 9.64 Å². The lowest BCUT2D eigenvalue weighted by Gasteiger charge is -2.23. The summed E-state index contributed by atoms with van der Waals surface area (Å²) in [5.74, 6) is -3.99. The zero-order chi connectivity index (χ0) is 24.9. The van der Waals surface area contributed by atoms with Gasteiger partial charge in [-0.3, -0.25) is 14.5 Å². The number of thiazole rings is 1. The minimum absolute atomic E-state index is 0.0812. The van der Waals surface area contributed by atoms with Crippen molar-refractivity contribution in [2.45, 2.75) is 13.0 Å². The van der Waals surface area contributed by atoms with Crippen molar-refractivity contribution in [1.82, 2.24) is 4.98 Å². The number of hydrogen-bond donors (Lipinski definition) is 1. The van der Waals surface area contributed by atoms with E-state index in [2.05, 4.69) is 4.98 Å². The van der Waals surface area contributed by atoms with Crippen molar-refractivity contribution in [3.8, 4) is 5.75 Å². The van der Waals surface area contributed by atoms with E-state index in [-0.39, 0.29) is 21.8 Å². The molecule has 1 aliphatic heterocycles. The van der Waals surface area contributed by atoms with Gasteiger partial charge in [-0.25, -0.2) is 13.8 Å². The van der Waals surface area contributed by atoms with Crippen LogP contribution in [0.15, 0.2) is 66.2 Å². The summed E-state index contributed by atoms with van der Waals surface area (Å²) in [4.78, 5) is 32.1. The summed E-state index contributed by atoms with van der Waals surface area (Å²) in [6.07, 6.45) is 0.